The standard InChI is InChI=1S/C22H21N5O4/c28-21(29)20-5-7-27(25-20)22(30)26-12-16-9-19(10-17(16)13-26)31-18-3-1-2-14(8-18)15-4-6-23-24-11-15/h1-8,11,16-17,19H,9-10,12-13H2,(H,28,29)/t16-,17+,19+. The zero-order valence-corrected chi connectivity index (χ0v) is 16.7. The lowest BCUT2D eigenvalue weighted by Gasteiger charge is -2.20. The lowest BCUT2D eigenvalue weighted by molar-refractivity contribution is 0.0690. The molecule has 2 aliphatic rings. The van der Waals surface area contributed by atoms with Gasteiger partial charge >= 0.3 is 12.0 Å². The Morgan fingerprint density at radius 2 is 1.84 bits per heavy atom. The number of fused-ring (bicyclic) bond motifs is 1. The molecule has 158 valence electrons. The third-order valence-corrected chi connectivity index (χ3v) is 6.04. The van der Waals surface area contributed by atoms with Gasteiger partial charge in [0.15, 0.2) is 5.69 Å². The number of rotatable bonds is 4. The zero-order chi connectivity index (χ0) is 21.4. The number of aromatic carboxylic acids is 1. The molecule has 9 nitrogen and oxygen atoms in total. The summed E-state index contributed by atoms with van der Waals surface area (Å²) < 4.78 is 7.37. The van der Waals surface area contributed by atoms with Crippen LogP contribution >= 0.6 is 0 Å². The maximum Gasteiger partial charge on any atom is 0.356 e. The van der Waals surface area contributed by atoms with Gasteiger partial charge in [0.2, 0.25) is 0 Å². The molecular formula is C22H21N5O4. The van der Waals surface area contributed by atoms with Crippen molar-refractivity contribution in [1.82, 2.24) is 24.9 Å². The highest BCUT2D eigenvalue weighted by atomic mass is 16.5. The number of ether oxygens (including phenoxy) is 1. The molecule has 1 saturated carbocycles. The number of nitrogens with zero attached hydrogens (tertiary/aromatic N) is 5. The Labute approximate surface area is 178 Å². The highest BCUT2D eigenvalue weighted by Crippen LogP contribution is 2.40. The average Bonchev–Trinajstić information content (AvgIpc) is 3.49. The van der Waals surface area contributed by atoms with Crippen LogP contribution in [0.1, 0.15) is 23.3 Å². The molecule has 5 rings (SSSR count). The summed E-state index contributed by atoms with van der Waals surface area (Å²) in [5, 5.41) is 20.6. The first-order chi connectivity index (χ1) is 15.1. The molecule has 0 unspecified atom stereocenters. The normalized spacial score (nSPS) is 22.3. The van der Waals surface area contributed by atoms with Gasteiger partial charge in [-0.05, 0) is 54.5 Å². The van der Waals surface area contributed by atoms with Crippen LogP contribution in [0.2, 0.25) is 0 Å². The lowest BCUT2D eigenvalue weighted by Crippen LogP contribution is -2.34. The van der Waals surface area contributed by atoms with Crippen LogP contribution in [0, 0.1) is 11.8 Å². The third kappa shape index (κ3) is 3.86. The fourth-order valence-corrected chi connectivity index (χ4v) is 4.59. The van der Waals surface area contributed by atoms with Gasteiger partial charge in [-0.25, -0.2) is 9.59 Å². The van der Waals surface area contributed by atoms with E-state index in [0.29, 0.717) is 24.9 Å². The van der Waals surface area contributed by atoms with E-state index < -0.39 is 5.97 Å². The summed E-state index contributed by atoms with van der Waals surface area (Å²) in [7, 11) is 0. The predicted octanol–water partition coefficient (Wildman–Crippen LogP) is 2.80. The topological polar surface area (TPSA) is 110 Å². The molecule has 31 heavy (non-hydrogen) atoms. The van der Waals surface area contributed by atoms with Crippen molar-refractivity contribution in [3.8, 4) is 16.9 Å². The summed E-state index contributed by atoms with van der Waals surface area (Å²) >= 11 is 0. The Bertz CT molecular complexity index is 1100. The van der Waals surface area contributed by atoms with E-state index in [4.69, 9.17) is 9.84 Å². The molecule has 3 heterocycles. The van der Waals surface area contributed by atoms with E-state index in [2.05, 4.69) is 15.3 Å². The fourth-order valence-electron chi connectivity index (χ4n) is 4.59. The van der Waals surface area contributed by atoms with Gasteiger partial charge in [0.1, 0.15) is 5.75 Å². The van der Waals surface area contributed by atoms with Gasteiger partial charge in [-0.3, -0.25) is 0 Å². The number of amides is 1. The molecule has 1 saturated heterocycles. The molecule has 1 aliphatic heterocycles. The van der Waals surface area contributed by atoms with Crippen molar-refractivity contribution in [2.45, 2.75) is 18.9 Å². The van der Waals surface area contributed by atoms with Gasteiger partial charge < -0.3 is 14.7 Å². The number of hydrogen-bond acceptors (Lipinski definition) is 6. The van der Waals surface area contributed by atoms with Crippen LogP contribution in [0.3, 0.4) is 0 Å². The SMILES string of the molecule is O=C(O)c1ccn(C(=O)N2C[C@H]3C[C@H](Oc4cccc(-c5ccnnc5)c4)C[C@H]3C2)n1. The van der Waals surface area contributed by atoms with Crippen LogP contribution in [0.15, 0.2) is 55.0 Å². The second-order valence-electron chi connectivity index (χ2n) is 8.03. The molecular weight excluding hydrogens is 398 g/mol. The minimum atomic E-state index is -1.14. The van der Waals surface area contributed by atoms with Crippen molar-refractivity contribution < 1.29 is 19.4 Å². The number of carboxylic acids is 1. The number of aromatic nitrogens is 4. The van der Waals surface area contributed by atoms with Crippen LogP contribution in [0.25, 0.3) is 11.1 Å². The van der Waals surface area contributed by atoms with E-state index in [9.17, 15) is 9.59 Å². The van der Waals surface area contributed by atoms with Gasteiger partial charge in [0.05, 0.1) is 18.5 Å². The first kappa shape index (κ1) is 19.2. The van der Waals surface area contributed by atoms with Crippen molar-refractivity contribution in [2.75, 3.05) is 13.1 Å². The Morgan fingerprint density at radius 3 is 2.52 bits per heavy atom. The Kier molecular flexibility index (Phi) is 4.85. The number of likely N-dealkylation sites (tertiary alicyclic amines) is 1. The summed E-state index contributed by atoms with van der Waals surface area (Å²) in [5.74, 6) is 0.422. The third-order valence-electron chi connectivity index (χ3n) is 6.04. The minimum absolute atomic E-state index is 0.112. The summed E-state index contributed by atoms with van der Waals surface area (Å²) in [6, 6.07) is 10.9. The first-order valence-electron chi connectivity index (χ1n) is 10.2. The minimum Gasteiger partial charge on any atom is -0.490 e. The maximum atomic E-state index is 12.7. The van der Waals surface area contributed by atoms with E-state index in [1.807, 2.05) is 30.3 Å². The van der Waals surface area contributed by atoms with Crippen LogP contribution in [0.4, 0.5) is 4.79 Å². The molecule has 2 fully saturated rings. The predicted molar refractivity (Wildman–Crippen MR) is 110 cm³/mol. The maximum absolute atomic E-state index is 12.7. The molecule has 0 spiro atoms. The van der Waals surface area contributed by atoms with E-state index in [-0.39, 0.29) is 17.8 Å². The number of carbonyl (C=O) groups excluding carboxylic acids is 1. The molecule has 3 aromatic rings. The first-order valence-corrected chi connectivity index (χ1v) is 10.2. The molecule has 0 radical (unpaired) electrons. The molecule has 1 N–H and O–H groups in total. The molecule has 0 bridgehead atoms. The molecule has 3 atom stereocenters. The zero-order valence-electron chi connectivity index (χ0n) is 16.7. The van der Waals surface area contributed by atoms with Crippen LogP contribution < -0.4 is 4.74 Å². The largest absolute Gasteiger partial charge is 0.490 e. The van der Waals surface area contributed by atoms with Gasteiger partial charge in [-0.2, -0.15) is 20.0 Å². The monoisotopic (exact) mass is 419 g/mol. The lowest BCUT2D eigenvalue weighted by atomic mass is 10.0. The molecule has 1 aliphatic carbocycles. The van der Waals surface area contributed by atoms with Crippen LogP contribution in [-0.4, -0.2) is 61.2 Å². The van der Waals surface area contributed by atoms with Gasteiger partial charge in [0, 0.05) is 24.8 Å². The summed E-state index contributed by atoms with van der Waals surface area (Å²) in [6.45, 7) is 1.27. The van der Waals surface area contributed by atoms with Gasteiger partial charge in [-0.1, -0.05) is 12.1 Å². The highest BCUT2D eigenvalue weighted by molar-refractivity contribution is 5.86. The quantitative estimate of drug-likeness (QED) is 0.692. The Balaban J connectivity index is 1.20. The summed E-state index contributed by atoms with van der Waals surface area (Å²) in [6.07, 6.45) is 6.67. The molecule has 9 heteroatoms. The number of carboxylic acid groups (broad SMARTS) is 1. The van der Waals surface area contributed by atoms with Crippen molar-refractivity contribution in [3.63, 3.8) is 0 Å². The molecule has 1 amide bonds. The van der Waals surface area contributed by atoms with Crippen molar-refractivity contribution in [2.24, 2.45) is 11.8 Å². The van der Waals surface area contributed by atoms with E-state index >= 15 is 0 Å². The number of hydrogen-bond donors (Lipinski definition) is 1. The summed E-state index contributed by atoms with van der Waals surface area (Å²) in [4.78, 5) is 25.4. The highest BCUT2D eigenvalue weighted by Gasteiger charge is 2.43. The molecule has 2 aromatic heterocycles. The molecule has 1 aromatic carbocycles. The second kappa shape index (κ2) is 7.82. The van der Waals surface area contributed by atoms with E-state index in [1.54, 1.807) is 17.3 Å². The Morgan fingerprint density at radius 1 is 1.03 bits per heavy atom. The van der Waals surface area contributed by atoms with Crippen molar-refractivity contribution >= 4 is 12.0 Å². The van der Waals surface area contributed by atoms with Gasteiger partial charge in [-0.15, -0.1) is 0 Å². The van der Waals surface area contributed by atoms with E-state index in [1.165, 1.54) is 12.3 Å². The van der Waals surface area contributed by atoms with E-state index in [0.717, 1.165) is 34.4 Å². The van der Waals surface area contributed by atoms with Crippen LogP contribution in [0.5, 0.6) is 5.75 Å². The second-order valence-corrected chi connectivity index (χ2v) is 8.03. The average molecular weight is 419 g/mol. The number of carbonyl (C=O) groups is 2. The smallest absolute Gasteiger partial charge is 0.356 e. The van der Waals surface area contributed by atoms with Gasteiger partial charge in [0.25, 0.3) is 0 Å². The Hall–Kier alpha value is -3.75. The fraction of sp³-hybridized carbons (Fsp3) is 0.318. The number of benzene rings is 1. The van der Waals surface area contributed by atoms with Crippen molar-refractivity contribution in [3.05, 3.63) is 60.7 Å². The van der Waals surface area contributed by atoms with Crippen molar-refractivity contribution in [1.29, 1.82) is 0 Å². The van der Waals surface area contributed by atoms with Crippen LogP contribution in [-0.2, 0) is 0 Å². The summed E-state index contributed by atoms with van der Waals surface area (Å²) in [5.41, 5.74) is 1.89.